The van der Waals surface area contributed by atoms with Gasteiger partial charge in [-0.1, -0.05) is 0 Å². The lowest BCUT2D eigenvalue weighted by Crippen LogP contribution is -2.18. The Labute approximate surface area is 153 Å². The zero-order valence-electron chi connectivity index (χ0n) is 15.7. The summed E-state index contributed by atoms with van der Waals surface area (Å²) in [6.45, 7) is 8.25. The zero-order chi connectivity index (χ0) is 18.8. The molecule has 0 aliphatic carbocycles. The number of aromatic nitrogens is 1. The molecule has 26 heavy (non-hydrogen) atoms. The van der Waals surface area contributed by atoms with Gasteiger partial charge in [-0.2, -0.15) is 0 Å². The Hall–Kier alpha value is -2.56. The number of hydrogen-bond acceptors (Lipinski definition) is 4. The van der Waals surface area contributed by atoms with E-state index in [1.807, 2.05) is 50.5 Å². The number of ether oxygens (including phenoxy) is 2. The van der Waals surface area contributed by atoms with Crippen molar-refractivity contribution in [1.29, 1.82) is 0 Å². The Morgan fingerprint density at radius 3 is 2.31 bits per heavy atom. The van der Waals surface area contributed by atoms with Crippen LogP contribution < -0.4 is 4.74 Å². The predicted molar refractivity (Wildman–Crippen MR) is 98.7 cm³/mol. The maximum Gasteiger partial charge on any atom is 0.315 e. The summed E-state index contributed by atoms with van der Waals surface area (Å²) in [5, 5.41) is 0. The van der Waals surface area contributed by atoms with Crippen LogP contribution in [0.3, 0.4) is 0 Å². The molecular formula is C21H25NO4. The number of nitrogens with zero attached hydrogens (tertiary/aromatic N) is 1. The normalized spacial score (nSPS) is 16.0. The molecule has 0 saturated heterocycles. The number of fused-ring (bicyclic) bond motifs is 1. The Kier molecular flexibility index (Phi) is 5.16. The molecule has 0 spiro atoms. The van der Waals surface area contributed by atoms with Crippen molar-refractivity contribution in [3.05, 3.63) is 53.3 Å². The number of rotatable bonds is 6. The molecule has 1 unspecified atom stereocenters. The van der Waals surface area contributed by atoms with Crippen LogP contribution in [0.1, 0.15) is 61.8 Å². The fraction of sp³-hybridized carbons (Fsp3) is 0.429. The van der Waals surface area contributed by atoms with E-state index in [9.17, 15) is 9.59 Å². The molecule has 2 heterocycles. The van der Waals surface area contributed by atoms with Crippen molar-refractivity contribution in [1.82, 2.24) is 4.57 Å². The summed E-state index contributed by atoms with van der Waals surface area (Å²) in [7, 11) is 0. The van der Waals surface area contributed by atoms with Gasteiger partial charge in [0.25, 0.3) is 0 Å². The lowest BCUT2D eigenvalue weighted by molar-refractivity contribution is -0.149. The van der Waals surface area contributed by atoms with E-state index in [-0.39, 0.29) is 29.9 Å². The largest absolute Gasteiger partial charge is 0.491 e. The van der Waals surface area contributed by atoms with E-state index in [4.69, 9.17) is 9.47 Å². The van der Waals surface area contributed by atoms with Gasteiger partial charge in [-0.3, -0.25) is 9.59 Å². The van der Waals surface area contributed by atoms with E-state index in [1.54, 1.807) is 18.2 Å². The summed E-state index contributed by atoms with van der Waals surface area (Å²) in [5.74, 6) is 0.186. The fourth-order valence-corrected chi connectivity index (χ4v) is 3.30. The Morgan fingerprint density at radius 1 is 1.00 bits per heavy atom. The van der Waals surface area contributed by atoms with Gasteiger partial charge in [0.1, 0.15) is 5.75 Å². The summed E-state index contributed by atoms with van der Waals surface area (Å²) >= 11 is 0. The molecule has 0 bridgehead atoms. The van der Waals surface area contributed by atoms with Crippen molar-refractivity contribution in [2.45, 2.75) is 58.8 Å². The smallest absolute Gasteiger partial charge is 0.315 e. The zero-order valence-corrected chi connectivity index (χ0v) is 15.7. The van der Waals surface area contributed by atoms with Crippen LogP contribution in [0.2, 0.25) is 0 Å². The van der Waals surface area contributed by atoms with Crippen LogP contribution in [-0.2, 0) is 16.1 Å². The van der Waals surface area contributed by atoms with Crippen molar-refractivity contribution in [3.63, 3.8) is 0 Å². The minimum Gasteiger partial charge on any atom is -0.491 e. The SMILES string of the molecule is CC(C)OC(=O)C1CCn2c(C(=O)c3ccc(OC(C)C)cc3)ccc21. The third-order valence-electron chi connectivity index (χ3n) is 4.37. The first-order valence-electron chi connectivity index (χ1n) is 9.08. The number of ketones is 1. The third kappa shape index (κ3) is 3.66. The number of esters is 1. The van der Waals surface area contributed by atoms with Gasteiger partial charge in [0.2, 0.25) is 5.78 Å². The van der Waals surface area contributed by atoms with Crippen LogP contribution in [-0.4, -0.2) is 28.5 Å². The van der Waals surface area contributed by atoms with Crippen LogP contribution in [0, 0.1) is 0 Å². The fourth-order valence-electron chi connectivity index (χ4n) is 3.30. The minimum atomic E-state index is -0.291. The molecule has 3 rings (SSSR count). The highest BCUT2D eigenvalue weighted by atomic mass is 16.5. The Balaban J connectivity index is 1.79. The first-order chi connectivity index (χ1) is 12.4. The molecular weight excluding hydrogens is 330 g/mol. The van der Waals surface area contributed by atoms with E-state index in [0.29, 0.717) is 24.2 Å². The van der Waals surface area contributed by atoms with Crippen molar-refractivity contribution in [2.24, 2.45) is 0 Å². The standard InChI is InChI=1S/C21H25NO4/c1-13(2)25-16-7-5-15(6-8-16)20(23)19-10-9-18-17(11-12-22(18)19)21(24)26-14(3)4/h5-10,13-14,17H,11-12H2,1-4H3. The average molecular weight is 355 g/mol. The van der Waals surface area contributed by atoms with Crippen LogP contribution in [0.25, 0.3) is 0 Å². The highest BCUT2D eigenvalue weighted by Gasteiger charge is 2.33. The van der Waals surface area contributed by atoms with Crippen molar-refractivity contribution in [2.75, 3.05) is 0 Å². The summed E-state index contributed by atoms with van der Waals surface area (Å²) in [4.78, 5) is 25.1. The molecule has 5 heteroatoms. The Bertz CT molecular complexity index is 802. The quantitative estimate of drug-likeness (QED) is 0.582. The maximum atomic E-state index is 12.9. The molecule has 1 aliphatic heterocycles. The molecule has 0 fully saturated rings. The second-order valence-corrected chi connectivity index (χ2v) is 7.14. The summed E-state index contributed by atoms with van der Waals surface area (Å²) in [5.41, 5.74) is 2.08. The third-order valence-corrected chi connectivity index (χ3v) is 4.37. The molecule has 0 radical (unpaired) electrons. The van der Waals surface area contributed by atoms with Crippen LogP contribution >= 0.6 is 0 Å². The van der Waals surface area contributed by atoms with E-state index >= 15 is 0 Å². The molecule has 1 aromatic carbocycles. The lowest BCUT2D eigenvalue weighted by atomic mass is 10.1. The number of carbonyl (C=O) groups excluding carboxylic acids is 2. The van der Waals surface area contributed by atoms with Gasteiger partial charge in [0.15, 0.2) is 0 Å². The molecule has 0 saturated carbocycles. The van der Waals surface area contributed by atoms with Crippen LogP contribution in [0.15, 0.2) is 36.4 Å². The molecule has 1 aliphatic rings. The lowest BCUT2D eigenvalue weighted by Gasteiger charge is -2.12. The van der Waals surface area contributed by atoms with Gasteiger partial charge in [0.05, 0.1) is 23.8 Å². The summed E-state index contributed by atoms with van der Waals surface area (Å²) in [6.07, 6.45) is 0.621. The second kappa shape index (κ2) is 7.36. The van der Waals surface area contributed by atoms with E-state index in [0.717, 1.165) is 11.4 Å². The topological polar surface area (TPSA) is 57.5 Å². The number of benzene rings is 1. The average Bonchev–Trinajstić information content (AvgIpc) is 3.15. The van der Waals surface area contributed by atoms with Gasteiger partial charge >= 0.3 is 5.97 Å². The van der Waals surface area contributed by atoms with Gasteiger partial charge < -0.3 is 14.0 Å². The van der Waals surface area contributed by atoms with Gasteiger partial charge in [-0.15, -0.1) is 0 Å². The molecule has 2 aromatic rings. The number of carbonyl (C=O) groups is 2. The van der Waals surface area contributed by atoms with Gasteiger partial charge in [0, 0.05) is 17.8 Å². The highest BCUT2D eigenvalue weighted by Crippen LogP contribution is 2.32. The first-order valence-corrected chi connectivity index (χ1v) is 9.08. The predicted octanol–water partition coefficient (Wildman–Crippen LogP) is 3.95. The maximum absolute atomic E-state index is 12.9. The summed E-state index contributed by atoms with van der Waals surface area (Å²) in [6, 6.07) is 10.8. The van der Waals surface area contributed by atoms with E-state index in [1.165, 1.54) is 0 Å². The van der Waals surface area contributed by atoms with Crippen molar-refractivity contribution < 1.29 is 19.1 Å². The minimum absolute atomic E-state index is 0.0507. The van der Waals surface area contributed by atoms with Crippen molar-refractivity contribution in [3.8, 4) is 5.75 Å². The van der Waals surface area contributed by atoms with Crippen LogP contribution in [0.5, 0.6) is 5.75 Å². The number of hydrogen-bond donors (Lipinski definition) is 0. The van der Waals surface area contributed by atoms with Crippen molar-refractivity contribution >= 4 is 11.8 Å². The first kappa shape index (κ1) is 18.2. The second-order valence-electron chi connectivity index (χ2n) is 7.14. The molecule has 1 aromatic heterocycles. The molecule has 138 valence electrons. The molecule has 5 nitrogen and oxygen atoms in total. The monoisotopic (exact) mass is 355 g/mol. The van der Waals surface area contributed by atoms with E-state index in [2.05, 4.69) is 0 Å². The van der Waals surface area contributed by atoms with E-state index < -0.39 is 0 Å². The van der Waals surface area contributed by atoms with Crippen LogP contribution in [0.4, 0.5) is 0 Å². The Morgan fingerprint density at radius 2 is 1.69 bits per heavy atom. The molecule has 1 atom stereocenters. The highest BCUT2D eigenvalue weighted by molar-refractivity contribution is 6.08. The molecule has 0 amide bonds. The molecule has 0 N–H and O–H groups in total. The summed E-state index contributed by atoms with van der Waals surface area (Å²) < 4.78 is 12.9. The van der Waals surface area contributed by atoms with Gasteiger partial charge in [-0.25, -0.2) is 0 Å². The van der Waals surface area contributed by atoms with Gasteiger partial charge in [-0.05, 0) is 70.5 Å².